The van der Waals surface area contributed by atoms with Crippen LogP contribution >= 0.6 is 0 Å². The molecule has 0 aliphatic carbocycles. The Balaban J connectivity index is 2.25. The summed E-state index contributed by atoms with van der Waals surface area (Å²) in [6.45, 7) is 5.95. The second-order valence-corrected chi connectivity index (χ2v) is 5.87. The number of hydrogen-bond acceptors (Lipinski definition) is 4. The number of rotatable bonds is 7. The van der Waals surface area contributed by atoms with Crippen molar-refractivity contribution in [2.24, 2.45) is 0 Å². The molecule has 1 N–H and O–H groups in total. The second kappa shape index (κ2) is 8.32. The molecule has 0 atom stereocenters. The predicted octanol–water partition coefficient (Wildman–Crippen LogP) is 1.87. The maximum absolute atomic E-state index is 12.8. The Bertz CT molecular complexity index is 725. The summed E-state index contributed by atoms with van der Waals surface area (Å²) in [4.78, 5) is 26.2. The number of methoxy groups -OCH3 is 1. The molecular formula is C18H24N4O3. The molecule has 1 aromatic carbocycles. The SMILES string of the molecule is CCN(CC(=O)NC(C)C)C(=O)c1nn(-c2ccccc2)cc1OC. The highest BCUT2D eigenvalue weighted by molar-refractivity contribution is 5.97. The van der Waals surface area contributed by atoms with Gasteiger partial charge in [-0.3, -0.25) is 9.59 Å². The van der Waals surface area contributed by atoms with E-state index in [0.717, 1.165) is 5.69 Å². The average Bonchev–Trinajstić information content (AvgIpc) is 3.03. The first-order valence-electron chi connectivity index (χ1n) is 8.24. The summed E-state index contributed by atoms with van der Waals surface area (Å²) >= 11 is 0. The first-order chi connectivity index (χ1) is 12.0. The molecule has 0 spiro atoms. The van der Waals surface area contributed by atoms with Gasteiger partial charge < -0.3 is 15.0 Å². The van der Waals surface area contributed by atoms with Crippen LogP contribution in [-0.4, -0.2) is 52.7 Å². The van der Waals surface area contributed by atoms with E-state index in [2.05, 4.69) is 10.4 Å². The molecule has 2 aromatic rings. The minimum atomic E-state index is -0.340. The standard InChI is InChI=1S/C18H24N4O3/c1-5-21(12-16(23)19-13(2)3)18(24)17-15(25-4)11-22(20-17)14-9-7-6-8-10-14/h6-11,13H,5,12H2,1-4H3,(H,19,23). The lowest BCUT2D eigenvalue weighted by molar-refractivity contribution is -0.122. The summed E-state index contributed by atoms with van der Waals surface area (Å²) in [5.74, 6) is -0.170. The third kappa shape index (κ3) is 4.59. The number of amides is 2. The van der Waals surface area contributed by atoms with Crippen LogP contribution in [0.25, 0.3) is 5.69 Å². The van der Waals surface area contributed by atoms with Gasteiger partial charge in [-0.25, -0.2) is 4.68 Å². The van der Waals surface area contributed by atoms with Gasteiger partial charge >= 0.3 is 0 Å². The lowest BCUT2D eigenvalue weighted by Crippen LogP contribution is -2.42. The molecule has 0 radical (unpaired) electrons. The molecular weight excluding hydrogens is 320 g/mol. The van der Waals surface area contributed by atoms with Crippen LogP contribution in [-0.2, 0) is 4.79 Å². The van der Waals surface area contributed by atoms with Crippen molar-refractivity contribution in [1.82, 2.24) is 20.0 Å². The van der Waals surface area contributed by atoms with Crippen molar-refractivity contribution in [3.05, 3.63) is 42.2 Å². The minimum Gasteiger partial charge on any atom is -0.493 e. The molecule has 7 nitrogen and oxygen atoms in total. The number of carbonyl (C=O) groups is 2. The highest BCUT2D eigenvalue weighted by atomic mass is 16.5. The number of nitrogens with zero attached hydrogens (tertiary/aromatic N) is 3. The zero-order valence-electron chi connectivity index (χ0n) is 15.0. The maximum Gasteiger partial charge on any atom is 0.278 e. The van der Waals surface area contributed by atoms with Crippen molar-refractivity contribution in [2.45, 2.75) is 26.8 Å². The van der Waals surface area contributed by atoms with Crippen molar-refractivity contribution < 1.29 is 14.3 Å². The summed E-state index contributed by atoms with van der Waals surface area (Å²) in [5.41, 5.74) is 1.01. The first kappa shape index (κ1) is 18.5. The Kier molecular flexibility index (Phi) is 6.16. The molecule has 1 aromatic heterocycles. The van der Waals surface area contributed by atoms with Gasteiger partial charge in [-0.05, 0) is 32.9 Å². The summed E-state index contributed by atoms with van der Waals surface area (Å²) in [7, 11) is 1.49. The Morgan fingerprint density at radius 1 is 1.28 bits per heavy atom. The van der Waals surface area contributed by atoms with E-state index in [0.29, 0.717) is 12.3 Å². The zero-order valence-corrected chi connectivity index (χ0v) is 15.0. The molecule has 134 valence electrons. The van der Waals surface area contributed by atoms with Gasteiger partial charge in [0.15, 0.2) is 11.4 Å². The van der Waals surface area contributed by atoms with Crippen molar-refractivity contribution in [2.75, 3.05) is 20.2 Å². The number of nitrogens with one attached hydrogen (secondary N) is 1. The Morgan fingerprint density at radius 3 is 2.52 bits per heavy atom. The van der Waals surface area contributed by atoms with E-state index in [1.165, 1.54) is 12.0 Å². The van der Waals surface area contributed by atoms with E-state index < -0.39 is 0 Å². The van der Waals surface area contributed by atoms with E-state index in [1.807, 2.05) is 51.1 Å². The fourth-order valence-electron chi connectivity index (χ4n) is 2.39. The topological polar surface area (TPSA) is 76.5 Å². The van der Waals surface area contributed by atoms with Gasteiger partial charge in [0, 0.05) is 12.6 Å². The number of likely N-dealkylation sites (N-methyl/N-ethyl adjacent to an activating group) is 1. The maximum atomic E-state index is 12.8. The van der Waals surface area contributed by atoms with Gasteiger partial charge in [0.1, 0.15) is 0 Å². The molecule has 25 heavy (non-hydrogen) atoms. The van der Waals surface area contributed by atoms with Crippen molar-refractivity contribution >= 4 is 11.8 Å². The third-order valence-electron chi connectivity index (χ3n) is 3.58. The Hall–Kier alpha value is -2.83. The number of carbonyl (C=O) groups excluding carboxylic acids is 2. The van der Waals surface area contributed by atoms with Gasteiger partial charge in [0.2, 0.25) is 5.91 Å². The van der Waals surface area contributed by atoms with Crippen LogP contribution in [0.5, 0.6) is 5.75 Å². The molecule has 2 rings (SSSR count). The average molecular weight is 344 g/mol. The zero-order chi connectivity index (χ0) is 18.4. The Morgan fingerprint density at radius 2 is 1.96 bits per heavy atom. The molecule has 0 fully saturated rings. The van der Waals surface area contributed by atoms with E-state index in [9.17, 15) is 9.59 Å². The van der Waals surface area contributed by atoms with Crippen molar-refractivity contribution in [3.8, 4) is 11.4 Å². The summed E-state index contributed by atoms with van der Waals surface area (Å²) in [6.07, 6.45) is 1.66. The molecule has 0 aliphatic rings. The van der Waals surface area contributed by atoms with Gasteiger partial charge in [0.05, 0.1) is 25.5 Å². The number of para-hydroxylation sites is 1. The van der Waals surface area contributed by atoms with E-state index in [4.69, 9.17) is 4.74 Å². The number of aromatic nitrogens is 2. The second-order valence-electron chi connectivity index (χ2n) is 5.87. The lowest BCUT2D eigenvalue weighted by atomic mass is 10.3. The normalized spacial score (nSPS) is 10.6. The number of benzene rings is 1. The molecule has 0 bridgehead atoms. The highest BCUT2D eigenvalue weighted by Gasteiger charge is 2.24. The summed E-state index contributed by atoms with van der Waals surface area (Å²) in [5, 5.41) is 7.14. The number of ether oxygens (including phenoxy) is 1. The minimum absolute atomic E-state index is 0.0190. The van der Waals surface area contributed by atoms with E-state index in [-0.39, 0.29) is 30.1 Å². The van der Waals surface area contributed by atoms with Gasteiger partial charge in [-0.1, -0.05) is 18.2 Å². The summed E-state index contributed by atoms with van der Waals surface area (Å²) < 4.78 is 6.89. The van der Waals surface area contributed by atoms with Gasteiger partial charge in [-0.2, -0.15) is 5.10 Å². The molecule has 7 heteroatoms. The van der Waals surface area contributed by atoms with Crippen LogP contribution < -0.4 is 10.1 Å². The monoisotopic (exact) mass is 344 g/mol. The van der Waals surface area contributed by atoms with Crippen LogP contribution in [0.3, 0.4) is 0 Å². The third-order valence-corrected chi connectivity index (χ3v) is 3.58. The molecule has 0 aliphatic heterocycles. The smallest absolute Gasteiger partial charge is 0.278 e. The fraction of sp³-hybridized carbons (Fsp3) is 0.389. The van der Waals surface area contributed by atoms with Crippen molar-refractivity contribution in [3.63, 3.8) is 0 Å². The fourth-order valence-corrected chi connectivity index (χ4v) is 2.39. The highest BCUT2D eigenvalue weighted by Crippen LogP contribution is 2.21. The molecule has 1 heterocycles. The van der Waals surface area contributed by atoms with Crippen LogP contribution in [0, 0.1) is 0 Å². The van der Waals surface area contributed by atoms with Gasteiger partial charge in [0.25, 0.3) is 5.91 Å². The predicted molar refractivity (Wildman–Crippen MR) is 95.0 cm³/mol. The van der Waals surface area contributed by atoms with E-state index >= 15 is 0 Å². The quantitative estimate of drug-likeness (QED) is 0.832. The van der Waals surface area contributed by atoms with Crippen LogP contribution in [0.1, 0.15) is 31.3 Å². The van der Waals surface area contributed by atoms with Crippen LogP contribution in [0.15, 0.2) is 36.5 Å². The molecule has 2 amide bonds. The molecule has 0 saturated heterocycles. The summed E-state index contributed by atoms with van der Waals surface area (Å²) in [6, 6.07) is 9.47. The number of hydrogen-bond donors (Lipinski definition) is 1. The molecule has 0 saturated carbocycles. The van der Waals surface area contributed by atoms with E-state index in [1.54, 1.807) is 10.9 Å². The van der Waals surface area contributed by atoms with Gasteiger partial charge in [-0.15, -0.1) is 0 Å². The van der Waals surface area contributed by atoms with Crippen molar-refractivity contribution in [1.29, 1.82) is 0 Å². The van der Waals surface area contributed by atoms with Crippen LogP contribution in [0.2, 0.25) is 0 Å². The van der Waals surface area contributed by atoms with Crippen LogP contribution in [0.4, 0.5) is 0 Å². The largest absolute Gasteiger partial charge is 0.493 e. The lowest BCUT2D eigenvalue weighted by Gasteiger charge is -2.20. The molecule has 0 unspecified atom stereocenters. The first-order valence-corrected chi connectivity index (χ1v) is 8.24. The Labute approximate surface area is 147 Å².